The van der Waals surface area contributed by atoms with Crippen LogP contribution in [0.15, 0.2) is 54.1 Å². The van der Waals surface area contributed by atoms with Gasteiger partial charge in [0.25, 0.3) is 0 Å². The van der Waals surface area contributed by atoms with E-state index in [9.17, 15) is 19.5 Å². The van der Waals surface area contributed by atoms with Crippen molar-refractivity contribution in [1.29, 1.82) is 0 Å². The molecule has 3 aliphatic rings. The molecule has 1 aliphatic heterocycles. The summed E-state index contributed by atoms with van der Waals surface area (Å²) in [4.78, 5) is 34.9. The summed E-state index contributed by atoms with van der Waals surface area (Å²) in [7, 11) is 0. The molecule has 0 radical (unpaired) electrons. The number of carboxylic acids is 1. The number of rotatable bonds is 9. The van der Waals surface area contributed by atoms with Gasteiger partial charge in [-0.25, -0.2) is 0 Å². The number of carbonyl (C=O) groups excluding carboxylic acids is 2. The molecule has 0 aromatic heterocycles. The topological polar surface area (TPSA) is 136 Å². The van der Waals surface area contributed by atoms with Gasteiger partial charge in [0.2, 0.25) is 0 Å². The van der Waals surface area contributed by atoms with Crippen molar-refractivity contribution in [2.75, 3.05) is 0 Å². The zero-order valence-corrected chi connectivity index (χ0v) is 25.7. The third kappa shape index (κ3) is 9.27. The van der Waals surface area contributed by atoms with Gasteiger partial charge < -0.3 is 25.4 Å². The summed E-state index contributed by atoms with van der Waals surface area (Å²) >= 11 is 0. The van der Waals surface area contributed by atoms with E-state index in [-0.39, 0.29) is 36.5 Å². The lowest BCUT2D eigenvalue weighted by Gasteiger charge is -2.44. The Morgan fingerprint density at radius 2 is 1.83 bits per heavy atom. The monoisotopic (exact) mass is 583 g/mol. The zero-order chi connectivity index (χ0) is 31.0. The summed E-state index contributed by atoms with van der Waals surface area (Å²) in [5.41, 5.74) is 7.08. The number of aliphatic hydroxyl groups is 1. The fourth-order valence-electron chi connectivity index (χ4n) is 6.03. The molecule has 1 fully saturated rings. The molecular formula is C34H49NO7. The van der Waals surface area contributed by atoms with E-state index in [4.69, 9.17) is 20.3 Å². The molecule has 0 saturated carbocycles. The highest BCUT2D eigenvalue weighted by atomic mass is 16.6. The minimum Gasteiger partial charge on any atom is -0.480 e. The summed E-state index contributed by atoms with van der Waals surface area (Å²) in [5.74, 6) is -0.184. The second-order valence-electron chi connectivity index (χ2n) is 12.9. The summed E-state index contributed by atoms with van der Waals surface area (Å²) in [5, 5.41) is 18.4. The van der Waals surface area contributed by atoms with E-state index in [2.05, 4.69) is 32.1 Å². The van der Waals surface area contributed by atoms with Crippen LogP contribution in [0.1, 0.15) is 78.7 Å². The lowest BCUT2D eigenvalue weighted by atomic mass is 9.65. The smallest absolute Gasteiger partial charge is 0.320 e. The van der Waals surface area contributed by atoms with Crippen LogP contribution in [0.25, 0.3) is 0 Å². The number of cyclic esters (lactones) is 1. The van der Waals surface area contributed by atoms with Crippen molar-refractivity contribution in [1.82, 2.24) is 0 Å². The minimum atomic E-state index is -0.959. The molecule has 232 valence electrons. The highest BCUT2D eigenvalue weighted by molar-refractivity contribution is 5.76. The van der Waals surface area contributed by atoms with Crippen LogP contribution in [-0.2, 0) is 30.3 Å². The third-order valence-electron chi connectivity index (χ3n) is 8.96. The zero-order valence-electron chi connectivity index (χ0n) is 25.7. The van der Waals surface area contributed by atoms with Crippen molar-refractivity contribution in [3.63, 3.8) is 0 Å². The number of fused-ring (bicyclic) bond motifs is 1. The first-order valence-electron chi connectivity index (χ1n) is 15.3. The first-order valence-corrected chi connectivity index (χ1v) is 15.3. The molecule has 8 atom stereocenters. The maximum absolute atomic E-state index is 12.9. The number of aliphatic carboxylic acids is 1. The SMILES string of the molecule is CCC(C)(C)C(=O)O[C@H]1C[C@@H](C)C=C2C=C[C@H](C)[C@H](CC[C@@H]3C[C@@H](O)CC(=O)O3)[C@H]21.NC(Cc1ccccc1)C(=O)O. The molecule has 8 heteroatoms. The average Bonchev–Trinajstić information content (AvgIpc) is 2.93. The Labute approximate surface area is 250 Å². The fourth-order valence-corrected chi connectivity index (χ4v) is 6.03. The maximum atomic E-state index is 12.9. The summed E-state index contributed by atoms with van der Waals surface area (Å²) in [6.45, 7) is 10.3. The van der Waals surface area contributed by atoms with Crippen LogP contribution in [0.5, 0.6) is 0 Å². The Morgan fingerprint density at radius 1 is 1.14 bits per heavy atom. The normalized spacial score (nSPS) is 29.6. The highest BCUT2D eigenvalue weighted by Gasteiger charge is 2.43. The number of benzene rings is 1. The number of aliphatic hydroxyl groups excluding tert-OH is 1. The first-order chi connectivity index (χ1) is 19.8. The number of nitrogens with two attached hydrogens (primary N) is 1. The molecule has 0 amide bonds. The second-order valence-corrected chi connectivity index (χ2v) is 12.9. The van der Waals surface area contributed by atoms with E-state index >= 15 is 0 Å². The largest absolute Gasteiger partial charge is 0.480 e. The van der Waals surface area contributed by atoms with E-state index in [1.807, 2.05) is 51.1 Å². The molecule has 1 unspecified atom stereocenters. The number of esters is 2. The fraction of sp³-hybridized carbons (Fsp3) is 0.618. The van der Waals surface area contributed by atoms with Crippen molar-refractivity contribution in [3.8, 4) is 0 Å². The van der Waals surface area contributed by atoms with E-state index in [0.717, 1.165) is 31.2 Å². The Balaban J connectivity index is 0.000000337. The van der Waals surface area contributed by atoms with E-state index in [1.165, 1.54) is 5.57 Å². The predicted octanol–water partition coefficient (Wildman–Crippen LogP) is 5.23. The Morgan fingerprint density at radius 3 is 2.45 bits per heavy atom. The van der Waals surface area contributed by atoms with Crippen LogP contribution >= 0.6 is 0 Å². The molecule has 0 spiro atoms. The third-order valence-corrected chi connectivity index (χ3v) is 8.96. The molecule has 2 aliphatic carbocycles. The number of hydrogen-bond acceptors (Lipinski definition) is 7. The molecular weight excluding hydrogens is 534 g/mol. The summed E-state index contributed by atoms with van der Waals surface area (Å²) in [6.07, 6.45) is 10.00. The Kier molecular flexibility index (Phi) is 11.9. The average molecular weight is 584 g/mol. The number of allylic oxidation sites excluding steroid dienone is 3. The summed E-state index contributed by atoms with van der Waals surface area (Å²) < 4.78 is 11.6. The van der Waals surface area contributed by atoms with Crippen LogP contribution in [0.4, 0.5) is 0 Å². The van der Waals surface area contributed by atoms with Gasteiger partial charge in [0.1, 0.15) is 18.2 Å². The van der Waals surface area contributed by atoms with Crippen molar-refractivity contribution in [3.05, 3.63) is 59.7 Å². The van der Waals surface area contributed by atoms with Crippen LogP contribution < -0.4 is 5.73 Å². The van der Waals surface area contributed by atoms with Crippen LogP contribution in [0.2, 0.25) is 0 Å². The molecule has 4 N–H and O–H groups in total. The van der Waals surface area contributed by atoms with Crippen molar-refractivity contribution < 1.29 is 34.1 Å². The Bertz CT molecular complexity index is 1130. The Hall–Kier alpha value is -2.97. The molecule has 42 heavy (non-hydrogen) atoms. The first kappa shape index (κ1) is 33.5. The molecule has 1 aromatic carbocycles. The lowest BCUT2D eigenvalue weighted by molar-refractivity contribution is -0.166. The van der Waals surface area contributed by atoms with E-state index in [0.29, 0.717) is 30.6 Å². The van der Waals surface area contributed by atoms with Gasteiger partial charge in [-0.2, -0.15) is 0 Å². The summed E-state index contributed by atoms with van der Waals surface area (Å²) in [6, 6.07) is 8.54. The quantitative estimate of drug-likeness (QED) is 0.337. The number of hydrogen-bond donors (Lipinski definition) is 3. The van der Waals surface area contributed by atoms with Crippen LogP contribution in [-0.4, -0.2) is 52.5 Å². The molecule has 4 rings (SSSR count). The van der Waals surface area contributed by atoms with E-state index in [1.54, 1.807) is 0 Å². The van der Waals surface area contributed by atoms with Gasteiger partial charge in [0.05, 0.1) is 17.9 Å². The van der Waals surface area contributed by atoms with Crippen LogP contribution in [0.3, 0.4) is 0 Å². The number of carbonyl (C=O) groups is 3. The highest BCUT2D eigenvalue weighted by Crippen LogP contribution is 2.45. The van der Waals surface area contributed by atoms with Gasteiger partial charge in [-0.15, -0.1) is 0 Å². The standard InChI is InChI=1S/C25H38O5.C9H11NO2/c1-6-25(4,5)24(28)30-21-12-15(2)11-17-8-7-16(3)20(23(17)21)10-9-19-13-18(26)14-22(27)29-19;10-8(9(11)12)6-7-4-2-1-3-5-7/h7-8,11,15-16,18-21,23,26H,6,9-10,12-14H2,1-5H3;1-5,8H,6,10H2,(H,11,12)/t15-,16-,18+,19+,20-,21-,23-;/m0./s1. The van der Waals surface area contributed by atoms with Gasteiger partial charge in [0.15, 0.2) is 0 Å². The maximum Gasteiger partial charge on any atom is 0.320 e. The molecule has 1 heterocycles. The van der Waals surface area contributed by atoms with E-state index < -0.39 is 23.5 Å². The van der Waals surface area contributed by atoms with Gasteiger partial charge in [-0.1, -0.05) is 69.3 Å². The molecule has 1 aromatic rings. The van der Waals surface area contributed by atoms with Gasteiger partial charge in [0, 0.05) is 12.3 Å². The van der Waals surface area contributed by atoms with Crippen LogP contribution in [0, 0.1) is 29.1 Å². The number of carboxylic acid groups (broad SMARTS) is 1. The molecule has 0 bridgehead atoms. The number of ether oxygens (including phenoxy) is 2. The lowest BCUT2D eigenvalue weighted by Crippen LogP contribution is -2.43. The van der Waals surface area contributed by atoms with Crippen molar-refractivity contribution in [2.24, 2.45) is 34.8 Å². The van der Waals surface area contributed by atoms with Gasteiger partial charge >= 0.3 is 17.9 Å². The van der Waals surface area contributed by atoms with Gasteiger partial charge in [-0.3, -0.25) is 14.4 Å². The van der Waals surface area contributed by atoms with Gasteiger partial charge in [-0.05, 0) is 74.8 Å². The predicted molar refractivity (Wildman–Crippen MR) is 161 cm³/mol. The van der Waals surface area contributed by atoms with Crippen molar-refractivity contribution >= 4 is 17.9 Å². The molecule has 8 nitrogen and oxygen atoms in total. The second kappa shape index (κ2) is 15.0. The minimum absolute atomic E-state index is 0.0949. The molecule has 1 saturated heterocycles. The van der Waals surface area contributed by atoms with Crippen molar-refractivity contribution in [2.45, 2.75) is 104 Å².